The van der Waals surface area contributed by atoms with Crippen molar-refractivity contribution in [2.75, 3.05) is 6.26 Å². The molecule has 0 radical (unpaired) electrons. The summed E-state index contributed by atoms with van der Waals surface area (Å²) in [6.07, 6.45) is 8.05. The maximum Gasteiger partial charge on any atom is 0.251 e. The first-order valence-corrected chi connectivity index (χ1v) is 8.97. The summed E-state index contributed by atoms with van der Waals surface area (Å²) in [5.41, 5.74) is 0.515. The molecule has 1 aromatic carbocycles. The molecule has 1 aliphatic rings. The van der Waals surface area contributed by atoms with Gasteiger partial charge < -0.3 is 5.32 Å². The Balaban J connectivity index is 2.02. The van der Waals surface area contributed by atoms with Crippen molar-refractivity contribution in [1.82, 2.24) is 5.32 Å². The lowest BCUT2D eigenvalue weighted by molar-refractivity contribution is 0.0933. The zero-order valence-electron chi connectivity index (χ0n) is 11.8. The highest BCUT2D eigenvalue weighted by atomic mass is 32.2. The summed E-state index contributed by atoms with van der Waals surface area (Å²) >= 11 is 0. The number of benzene rings is 1. The molecule has 0 spiro atoms. The van der Waals surface area contributed by atoms with Crippen LogP contribution in [0.5, 0.6) is 0 Å². The molecular formula is C15H21NO3S. The van der Waals surface area contributed by atoms with E-state index < -0.39 is 9.84 Å². The number of hydrogen-bond donors (Lipinski definition) is 1. The predicted octanol–water partition coefficient (Wildman–Crippen LogP) is 2.54. The molecule has 1 aromatic rings. The molecule has 0 heterocycles. The molecule has 1 saturated carbocycles. The first-order chi connectivity index (χ1) is 9.47. The Labute approximate surface area is 120 Å². The molecule has 0 saturated heterocycles. The van der Waals surface area contributed by atoms with Gasteiger partial charge in [-0.2, -0.15) is 0 Å². The first kappa shape index (κ1) is 15.0. The van der Waals surface area contributed by atoms with Crippen molar-refractivity contribution >= 4 is 15.7 Å². The monoisotopic (exact) mass is 295 g/mol. The third-order valence-corrected chi connectivity index (χ3v) is 4.86. The van der Waals surface area contributed by atoms with Crippen molar-refractivity contribution in [3.05, 3.63) is 29.8 Å². The summed E-state index contributed by atoms with van der Waals surface area (Å²) < 4.78 is 22.7. The van der Waals surface area contributed by atoms with Crippen LogP contribution in [0.2, 0.25) is 0 Å². The van der Waals surface area contributed by atoms with E-state index in [1.54, 1.807) is 12.1 Å². The number of amides is 1. The largest absolute Gasteiger partial charge is 0.349 e. The topological polar surface area (TPSA) is 63.2 Å². The van der Waals surface area contributed by atoms with Crippen LogP contribution in [0.4, 0.5) is 0 Å². The second kappa shape index (κ2) is 6.39. The van der Waals surface area contributed by atoms with Gasteiger partial charge in [0.2, 0.25) is 0 Å². The second-order valence-corrected chi connectivity index (χ2v) is 7.47. The highest BCUT2D eigenvalue weighted by Gasteiger charge is 2.16. The number of nitrogens with one attached hydrogen (secondary N) is 1. The van der Waals surface area contributed by atoms with E-state index in [9.17, 15) is 13.2 Å². The van der Waals surface area contributed by atoms with Gasteiger partial charge in [-0.3, -0.25) is 4.79 Å². The molecule has 0 aromatic heterocycles. The Morgan fingerprint density at radius 2 is 1.60 bits per heavy atom. The van der Waals surface area contributed by atoms with E-state index in [1.165, 1.54) is 25.0 Å². The molecule has 1 aliphatic carbocycles. The molecule has 4 nitrogen and oxygen atoms in total. The molecule has 5 heteroatoms. The smallest absolute Gasteiger partial charge is 0.251 e. The average Bonchev–Trinajstić information content (AvgIpc) is 2.66. The van der Waals surface area contributed by atoms with Crippen molar-refractivity contribution in [3.63, 3.8) is 0 Å². The van der Waals surface area contributed by atoms with Crippen LogP contribution in [-0.2, 0) is 9.84 Å². The van der Waals surface area contributed by atoms with Crippen molar-refractivity contribution < 1.29 is 13.2 Å². The molecule has 110 valence electrons. The van der Waals surface area contributed by atoms with Gasteiger partial charge in [-0.25, -0.2) is 8.42 Å². The Morgan fingerprint density at radius 3 is 2.10 bits per heavy atom. The summed E-state index contributed by atoms with van der Waals surface area (Å²) in [7, 11) is -3.21. The van der Waals surface area contributed by atoms with E-state index in [0.29, 0.717) is 5.56 Å². The highest BCUT2D eigenvalue weighted by Crippen LogP contribution is 2.18. The average molecular weight is 295 g/mol. The molecule has 0 unspecified atom stereocenters. The number of hydrogen-bond acceptors (Lipinski definition) is 3. The Kier molecular flexibility index (Phi) is 4.81. The van der Waals surface area contributed by atoms with Crippen LogP contribution < -0.4 is 5.32 Å². The zero-order valence-corrected chi connectivity index (χ0v) is 12.6. The van der Waals surface area contributed by atoms with Gasteiger partial charge >= 0.3 is 0 Å². The maximum atomic E-state index is 12.1. The normalized spacial score (nSPS) is 17.4. The first-order valence-electron chi connectivity index (χ1n) is 7.08. The van der Waals surface area contributed by atoms with Gasteiger partial charge in [0, 0.05) is 17.9 Å². The van der Waals surface area contributed by atoms with Crippen LogP contribution in [0.25, 0.3) is 0 Å². The number of carbonyl (C=O) groups is 1. The summed E-state index contributed by atoms with van der Waals surface area (Å²) in [6.45, 7) is 0. The highest BCUT2D eigenvalue weighted by molar-refractivity contribution is 7.90. The molecule has 1 amide bonds. The van der Waals surface area contributed by atoms with Crippen LogP contribution in [-0.4, -0.2) is 26.6 Å². The Hall–Kier alpha value is -1.36. The van der Waals surface area contributed by atoms with Crippen molar-refractivity contribution in [2.24, 2.45) is 0 Å². The summed E-state index contributed by atoms with van der Waals surface area (Å²) in [5.74, 6) is -0.114. The fraction of sp³-hybridized carbons (Fsp3) is 0.533. The summed E-state index contributed by atoms with van der Waals surface area (Å²) in [4.78, 5) is 12.4. The van der Waals surface area contributed by atoms with E-state index in [-0.39, 0.29) is 16.8 Å². The third kappa shape index (κ3) is 4.07. The third-order valence-electron chi connectivity index (χ3n) is 3.74. The Morgan fingerprint density at radius 1 is 1.05 bits per heavy atom. The van der Waals surface area contributed by atoms with Gasteiger partial charge in [0.15, 0.2) is 9.84 Å². The van der Waals surface area contributed by atoms with E-state index >= 15 is 0 Å². The van der Waals surface area contributed by atoms with Crippen LogP contribution in [0, 0.1) is 0 Å². The Bertz CT molecular complexity index is 555. The van der Waals surface area contributed by atoms with Gasteiger partial charge in [0.1, 0.15) is 0 Å². The van der Waals surface area contributed by atoms with Crippen LogP contribution >= 0.6 is 0 Å². The van der Waals surface area contributed by atoms with Gasteiger partial charge in [0.25, 0.3) is 5.91 Å². The van der Waals surface area contributed by atoms with Crippen LogP contribution in [0.15, 0.2) is 29.2 Å². The van der Waals surface area contributed by atoms with Crippen LogP contribution in [0.1, 0.15) is 48.9 Å². The lowest BCUT2D eigenvalue weighted by atomic mass is 10.1. The van der Waals surface area contributed by atoms with E-state index in [2.05, 4.69) is 5.32 Å². The van der Waals surface area contributed by atoms with Gasteiger partial charge in [-0.1, -0.05) is 25.7 Å². The molecule has 20 heavy (non-hydrogen) atoms. The van der Waals surface area contributed by atoms with Gasteiger partial charge in [0.05, 0.1) is 4.90 Å². The maximum absolute atomic E-state index is 12.1. The quantitative estimate of drug-likeness (QED) is 0.872. The molecule has 0 bridgehead atoms. The predicted molar refractivity (Wildman–Crippen MR) is 78.5 cm³/mol. The standard InChI is InChI=1S/C15H21NO3S/c1-20(18,19)14-10-8-12(9-11-14)15(17)16-13-6-4-2-3-5-7-13/h8-11,13H,2-7H2,1H3,(H,16,17). The van der Waals surface area contributed by atoms with Gasteiger partial charge in [-0.05, 0) is 37.1 Å². The molecule has 0 atom stereocenters. The molecule has 2 rings (SSSR count). The van der Waals surface area contributed by atoms with E-state index in [0.717, 1.165) is 31.9 Å². The van der Waals surface area contributed by atoms with Crippen molar-refractivity contribution in [2.45, 2.75) is 49.5 Å². The minimum Gasteiger partial charge on any atom is -0.349 e. The fourth-order valence-electron chi connectivity index (χ4n) is 2.55. The minimum absolute atomic E-state index is 0.114. The number of rotatable bonds is 3. The van der Waals surface area contributed by atoms with E-state index in [4.69, 9.17) is 0 Å². The second-order valence-electron chi connectivity index (χ2n) is 5.46. The lowest BCUT2D eigenvalue weighted by Gasteiger charge is -2.16. The summed E-state index contributed by atoms with van der Waals surface area (Å²) in [6, 6.07) is 6.36. The number of carbonyl (C=O) groups excluding carboxylic acids is 1. The molecule has 1 fully saturated rings. The molecule has 0 aliphatic heterocycles. The lowest BCUT2D eigenvalue weighted by Crippen LogP contribution is -2.34. The van der Waals surface area contributed by atoms with Crippen molar-refractivity contribution in [1.29, 1.82) is 0 Å². The van der Waals surface area contributed by atoms with E-state index in [1.807, 2.05) is 0 Å². The SMILES string of the molecule is CS(=O)(=O)c1ccc(C(=O)NC2CCCCCC2)cc1. The van der Waals surface area contributed by atoms with Gasteiger partial charge in [-0.15, -0.1) is 0 Å². The van der Waals surface area contributed by atoms with Crippen molar-refractivity contribution in [3.8, 4) is 0 Å². The number of sulfone groups is 1. The minimum atomic E-state index is -3.21. The molecule has 1 N–H and O–H groups in total. The zero-order chi connectivity index (χ0) is 14.6. The molecular weight excluding hydrogens is 274 g/mol. The van der Waals surface area contributed by atoms with Crippen LogP contribution in [0.3, 0.4) is 0 Å². The summed E-state index contributed by atoms with van der Waals surface area (Å²) in [5, 5.41) is 3.04. The fourth-order valence-corrected chi connectivity index (χ4v) is 3.18.